The van der Waals surface area contributed by atoms with Crippen LogP contribution < -0.4 is 0 Å². The summed E-state index contributed by atoms with van der Waals surface area (Å²) in [5.74, 6) is 0. The Morgan fingerprint density at radius 3 is 1.33 bits per heavy atom. The maximum Gasteiger partial charge on any atom is 0.0711 e. The molecule has 0 bridgehead atoms. The molecule has 2 nitrogen and oxygen atoms in total. The molecule has 0 unspecified atom stereocenters. The highest BCUT2D eigenvalue weighted by atomic mass is 15.2. The quantitative estimate of drug-likeness (QED) is 0.661. The van der Waals surface area contributed by atoms with Crippen molar-refractivity contribution in [2.45, 2.75) is 53.4 Å². The molecule has 2 aliphatic carbocycles. The molecule has 2 heteroatoms. The number of fused-ring (bicyclic) bond motifs is 2. The Hall–Kier alpha value is -2.22. The van der Waals surface area contributed by atoms with Crippen LogP contribution in [-0.4, -0.2) is 11.4 Å². The molecular formula is C22H24N2. The van der Waals surface area contributed by atoms with Crippen LogP contribution in [0.2, 0.25) is 0 Å². The molecule has 0 radical (unpaired) electrons. The van der Waals surface area contributed by atoms with E-state index in [-0.39, 0.29) is 0 Å². The molecule has 4 rings (SSSR count). The van der Waals surface area contributed by atoms with Gasteiger partial charge in [-0.1, -0.05) is 24.3 Å². The number of hydrogen-bond acceptors (Lipinski definition) is 2. The van der Waals surface area contributed by atoms with Gasteiger partial charge in [0.2, 0.25) is 0 Å². The molecule has 0 spiro atoms. The summed E-state index contributed by atoms with van der Waals surface area (Å²) in [6.07, 6.45) is 4.22. The summed E-state index contributed by atoms with van der Waals surface area (Å²) in [6, 6.07) is 8.87. The van der Waals surface area contributed by atoms with Gasteiger partial charge in [-0.15, -0.1) is 0 Å². The van der Waals surface area contributed by atoms with Gasteiger partial charge in [-0.3, -0.25) is 0 Å². The highest BCUT2D eigenvalue weighted by Crippen LogP contribution is 2.31. The van der Waals surface area contributed by atoms with Gasteiger partial charge in [0, 0.05) is 11.1 Å². The molecule has 0 saturated carbocycles. The molecule has 24 heavy (non-hydrogen) atoms. The molecule has 2 aliphatic rings. The van der Waals surface area contributed by atoms with Crippen molar-refractivity contribution < 1.29 is 0 Å². The van der Waals surface area contributed by atoms with E-state index in [2.05, 4.69) is 52.0 Å². The van der Waals surface area contributed by atoms with Crippen LogP contribution in [0, 0.1) is 27.7 Å². The summed E-state index contributed by atoms with van der Waals surface area (Å²) in [6.45, 7) is 8.77. The molecule has 0 atom stereocenters. The molecule has 0 saturated heterocycles. The van der Waals surface area contributed by atoms with E-state index in [0.717, 1.165) is 37.1 Å². The van der Waals surface area contributed by atoms with E-state index in [0.29, 0.717) is 0 Å². The van der Waals surface area contributed by atoms with Gasteiger partial charge >= 0.3 is 0 Å². The first kappa shape index (κ1) is 15.3. The van der Waals surface area contributed by atoms with E-state index in [9.17, 15) is 0 Å². The summed E-state index contributed by atoms with van der Waals surface area (Å²) in [5.41, 5.74) is 13.4. The lowest BCUT2D eigenvalue weighted by molar-refractivity contribution is 1.05. The normalized spacial score (nSPS) is 19.2. The minimum absolute atomic E-state index is 1.01. The Labute approximate surface area is 144 Å². The highest BCUT2D eigenvalue weighted by Gasteiger charge is 2.24. The predicted molar refractivity (Wildman–Crippen MR) is 102 cm³/mol. The Balaban J connectivity index is 1.77. The van der Waals surface area contributed by atoms with Gasteiger partial charge in [0.25, 0.3) is 0 Å². The molecule has 0 amide bonds. The second kappa shape index (κ2) is 5.70. The Kier molecular flexibility index (Phi) is 3.64. The monoisotopic (exact) mass is 316 g/mol. The first-order chi connectivity index (χ1) is 11.6. The van der Waals surface area contributed by atoms with Crippen molar-refractivity contribution in [2.75, 3.05) is 0 Å². The molecule has 2 aromatic carbocycles. The molecule has 0 aromatic heterocycles. The lowest BCUT2D eigenvalue weighted by atomic mass is 9.99. The summed E-state index contributed by atoms with van der Waals surface area (Å²) in [7, 11) is 0. The third-order valence-corrected chi connectivity index (χ3v) is 5.60. The van der Waals surface area contributed by atoms with Gasteiger partial charge in [0.1, 0.15) is 0 Å². The van der Waals surface area contributed by atoms with Gasteiger partial charge in [-0.2, -0.15) is 10.2 Å². The second-order valence-corrected chi connectivity index (χ2v) is 7.20. The maximum atomic E-state index is 4.72. The summed E-state index contributed by atoms with van der Waals surface area (Å²) in [4.78, 5) is 0. The molecular weight excluding hydrogens is 292 g/mol. The summed E-state index contributed by atoms with van der Waals surface area (Å²) in [5, 5.41) is 9.45. The third-order valence-electron chi connectivity index (χ3n) is 5.60. The van der Waals surface area contributed by atoms with Gasteiger partial charge in [0.05, 0.1) is 11.4 Å². The highest BCUT2D eigenvalue weighted by molar-refractivity contribution is 6.08. The number of hydrogen-bond donors (Lipinski definition) is 0. The lowest BCUT2D eigenvalue weighted by Crippen LogP contribution is -2.01. The van der Waals surface area contributed by atoms with Crippen LogP contribution in [0.15, 0.2) is 34.5 Å². The zero-order valence-electron chi connectivity index (χ0n) is 15.0. The number of rotatable bonds is 1. The maximum absolute atomic E-state index is 4.72. The van der Waals surface area contributed by atoms with Crippen molar-refractivity contribution in [1.29, 1.82) is 0 Å². The van der Waals surface area contributed by atoms with E-state index in [1.54, 1.807) is 0 Å². The van der Waals surface area contributed by atoms with Crippen molar-refractivity contribution in [1.82, 2.24) is 0 Å². The van der Waals surface area contributed by atoms with E-state index >= 15 is 0 Å². The van der Waals surface area contributed by atoms with Gasteiger partial charge in [0.15, 0.2) is 0 Å². The second-order valence-electron chi connectivity index (χ2n) is 7.20. The standard InChI is InChI=1S/C22H24N2/c1-13-5-7-15(3)21-17(13)9-11-19(21)23-24-20-12-10-18-14(2)6-8-16(4)22(18)20/h5-8H,9-12H2,1-4H3. The third kappa shape index (κ3) is 2.32. The number of nitrogens with zero attached hydrogens (tertiary/aromatic N) is 2. The van der Waals surface area contributed by atoms with E-state index in [1.165, 1.54) is 44.5 Å². The Morgan fingerprint density at radius 2 is 0.917 bits per heavy atom. The average Bonchev–Trinajstić information content (AvgIpc) is 3.18. The SMILES string of the molecule is Cc1ccc(C)c2c1CCC2=NN=C1CCc2c(C)ccc(C)c21. The van der Waals surface area contributed by atoms with E-state index in [1.807, 2.05) is 0 Å². The molecule has 122 valence electrons. The zero-order valence-corrected chi connectivity index (χ0v) is 15.0. The zero-order chi connectivity index (χ0) is 16.8. The van der Waals surface area contributed by atoms with Gasteiger partial charge in [-0.05, 0) is 86.8 Å². The van der Waals surface area contributed by atoms with Crippen LogP contribution in [0.3, 0.4) is 0 Å². The fourth-order valence-electron chi connectivity index (χ4n) is 4.24. The summed E-state index contributed by atoms with van der Waals surface area (Å²) >= 11 is 0. The number of benzene rings is 2. The molecule has 0 aliphatic heterocycles. The fourth-order valence-corrected chi connectivity index (χ4v) is 4.24. The van der Waals surface area contributed by atoms with Crippen molar-refractivity contribution in [2.24, 2.45) is 10.2 Å². The largest absolute Gasteiger partial charge is 0.155 e. The van der Waals surface area contributed by atoms with Crippen molar-refractivity contribution in [3.63, 3.8) is 0 Å². The molecule has 0 N–H and O–H groups in total. The molecule has 2 aromatic rings. The van der Waals surface area contributed by atoms with Crippen LogP contribution in [0.4, 0.5) is 0 Å². The Morgan fingerprint density at radius 1 is 0.542 bits per heavy atom. The van der Waals surface area contributed by atoms with Gasteiger partial charge in [-0.25, -0.2) is 0 Å². The van der Waals surface area contributed by atoms with Crippen molar-refractivity contribution >= 4 is 11.4 Å². The van der Waals surface area contributed by atoms with Crippen molar-refractivity contribution in [3.05, 3.63) is 68.8 Å². The molecule has 0 heterocycles. The van der Waals surface area contributed by atoms with Crippen LogP contribution >= 0.6 is 0 Å². The van der Waals surface area contributed by atoms with Crippen LogP contribution in [0.1, 0.15) is 57.3 Å². The average molecular weight is 316 g/mol. The lowest BCUT2D eigenvalue weighted by Gasteiger charge is -2.08. The van der Waals surface area contributed by atoms with Crippen LogP contribution in [-0.2, 0) is 12.8 Å². The predicted octanol–water partition coefficient (Wildman–Crippen LogP) is 5.01. The smallest absolute Gasteiger partial charge is 0.0711 e. The summed E-state index contributed by atoms with van der Waals surface area (Å²) < 4.78 is 0. The van der Waals surface area contributed by atoms with Crippen LogP contribution in [0.5, 0.6) is 0 Å². The van der Waals surface area contributed by atoms with E-state index < -0.39 is 0 Å². The molecule has 0 fully saturated rings. The number of aryl methyl sites for hydroxylation is 4. The minimum atomic E-state index is 1.01. The minimum Gasteiger partial charge on any atom is -0.155 e. The first-order valence-corrected chi connectivity index (χ1v) is 8.88. The fraction of sp³-hybridized carbons (Fsp3) is 0.364. The van der Waals surface area contributed by atoms with Crippen LogP contribution in [0.25, 0.3) is 0 Å². The Bertz CT molecular complexity index is 825. The first-order valence-electron chi connectivity index (χ1n) is 8.88. The van der Waals surface area contributed by atoms with E-state index in [4.69, 9.17) is 10.2 Å². The van der Waals surface area contributed by atoms with Crippen molar-refractivity contribution in [3.8, 4) is 0 Å². The van der Waals surface area contributed by atoms with Gasteiger partial charge < -0.3 is 0 Å². The topological polar surface area (TPSA) is 24.7 Å².